The van der Waals surface area contributed by atoms with E-state index in [1.165, 1.54) is 24.0 Å². The van der Waals surface area contributed by atoms with E-state index in [0.29, 0.717) is 0 Å². The van der Waals surface area contributed by atoms with E-state index in [4.69, 9.17) is 9.79 Å². The van der Waals surface area contributed by atoms with E-state index < -0.39 is 7.60 Å². The highest BCUT2D eigenvalue weighted by atomic mass is 31.2. The minimum absolute atomic E-state index is 0.139. The monoisotopic (exact) mass is 226 g/mol. The Labute approximate surface area is 89.3 Å². The first-order valence-corrected chi connectivity index (χ1v) is 7.00. The molecule has 0 unspecified atom stereocenters. The molecule has 1 aromatic rings. The third-order valence-electron chi connectivity index (χ3n) is 2.80. The molecule has 0 heterocycles. The Morgan fingerprint density at radius 2 is 1.80 bits per heavy atom. The highest BCUT2D eigenvalue weighted by molar-refractivity contribution is 7.50. The maximum atomic E-state index is 10.9. The van der Waals surface area contributed by atoms with Crippen LogP contribution in [0.3, 0.4) is 0 Å². The Bertz CT molecular complexity index is 408. The van der Waals surface area contributed by atoms with Crippen molar-refractivity contribution in [2.75, 3.05) is 0 Å². The molecular formula is C11H15O3P. The molecule has 82 valence electrons. The highest BCUT2D eigenvalue weighted by Crippen LogP contribution is 2.39. The molecule has 0 atom stereocenters. The van der Waals surface area contributed by atoms with E-state index in [1.807, 2.05) is 18.2 Å². The normalized spacial score (nSPS) is 16.1. The molecule has 0 spiro atoms. The van der Waals surface area contributed by atoms with Crippen molar-refractivity contribution in [3.63, 3.8) is 0 Å². The van der Waals surface area contributed by atoms with Crippen molar-refractivity contribution >= 4 is 7.60 Å². The molecule has 0 aliphatic heterocycles. The molecule has 0 radical (unpaired) electrons. The Balaban J connectivity index is 2.24. The molecule has 0 bridgehead atoms. The summed E-state index contributed by atoms with van der Waals surface area (Å²) in [7, 11) is -3.92. The van der Waals surface area contributed by atoms with Gasteiger partial charge in [-0.05, 0) is 42.4 Å². The van der Waals surface area contributed by atoms with E-state index in [1.54, 1.807) is 0 Å². The van der Waals surface area contributed by atoms with Crippen molar-refractivity contribution < 1.29 is 14.4 Å². The molecule has 1 aliphatic rings. The van der Waals surface area contributed by atoms with Crippen LogP contribution in [0.2, 0.25) is 0 Å². The minimum Gasteiger partial charge on any atom is -0.324 e. The Kier molecular flexibility index (Phi) is 2.96. The maximum absolute atomic E-state index is 10.9. The van der Waals surface area contributed by atoms with Gasteiger partial charge in [0.05, 0.1) is 6.16 Å². The predicted molar refractivity (Wildman–Crippen MR) is 58.8 cm³/mol. The zero-order chi connectivity index (χ0) is 10.9. The number of benzene rings is 1. The van der Waals surface area contributed by atoms with Crippen LogP contribution in [0.1, 0.15) is 29.5 Å². The van der Waals surface area contributed by atoms with Crippen molar-refractivity contribution in [3.8, 4) is 0 Å². The first-order chi connectivity index (χ1) is 7.04. The standard InChI is InChI=1S/C11H15O3P/c12-15(13,14)8-9-5-6-10-3-1-2-4-11(10)7-9/h5-7H,1-4,8H2,(H2,12,13,14). The minimum atomic E-state index is -3.92. The fourth-order valence-electron chi connectivity index (χ4n) is 2.12. The van der Waals surface area contributed by atoms with Crippen LogP contribution in [0.15, 0.2) is 18.2 Å². The van der Waals surface area contributed by atoms with Gasteiger partial charge in [0, 0.05) is 0 Å². The lowest BCUT2D eigenvalue weighted by atomic mass is 9.91. The summed E-state index contributed by atoms with van der Waals surface area (Å²) in [6.07, 6.45) is 4.42. The average molecular weight is 226 g/mol. The van der Waals surface area contributed by atoms with E-state index in [-0.39, 0.29) is 6.16 Å². The molecular weight excluding hydrogens is 211 g/mol. The molecule has 2 N–H and O–H groups in total. The summed E-state index contributed by atoms with van der Waals surface area (Å²) in [6.45, 7) is 0. The number of fused-ring (bicyclic) bond motifs is 1. The Morgan fingerprint density at radius 3 is 2.47 bits per heavy atom. The Morgan fingerprint density at radius 1 is 1.13 bits per heavy atom. The van der Waals surface area contributed by atoms with E-state index in [2.05, 4.69) is 0 Å². The largest absolute Gasteiger partial charge is 0.329 e. The lowest BCUT2D eigenvalue weighted by molar-refractivity contribution is 0.371. The van der Waals surface area contributed by atoms with Crippen LogP contribution in [0.5, 0.6) is 0 Å². The molecule has 4 heteroatoms. The van der Waals surface area contributed by atoms with Crippen LogP contribution in [0.25, 0.3) is 0 Å². The molecule has 1 aromatic carbocycles. The SMILES string of the molecule is O=P(O)(O)Cc1ccc2c(c1)CCCC2. The molecule has 3 nitrogen and oxygen atoms in total. The second-order valence-corrected chi connectivity index (χ2v) is 5.78. The Hall–Kier alpha value is -0.630. The second kappa shape index (κ2) is 4.09. The van der Waals surface area contributed by atoms with Crippen molar-refractivity contribution in [2.24, 2.45) is 0 Å². The average Bonchev–Trinajstić information content (AvgIpc) is 2.15. The van der Waals surface area contributed by atoms with Gasteiger partial charge in [0.2, 0.25) is 0 Å². The number of hydrogen-bond donors (Lipinski definition) is 2. The topological polar surface area (TPSA) is 57.5 Å². The number of hydrogen-bond acceptors (Lipinski definition) is 1. The van der Waals surface area contributed by atoms with Gasteiger partial charge in [-0.1, -0.05) is 18.2 Å². The van der Waals surface area contributed by atoms with Gasteiger partial charge in [0.25, 0.3) is 0 Å². The molecule has 0 saturated heterocycles. The number of rotatable bonds is 2. The summed E-state index contributed by atoms with van der Waals surface area (Å²) >= 11 is 0. The fourth-order valence-corrected chi connectivity index (χ4v) is 2.80. The van der Waals surface area contributed by atoms with Gasteiger partial charge >= 0.3 is 7.60 Å². The van der Waals surface area contributed by atoms with Crippen LogP contribution in [-0.2, 0) is 23.6 Å². The molecule has 0 fully saturated rings. The third-order valence-corrected chi connectivity index (χ3v) is 3.58. The maximum Gasteiger partial charge on any atom is 0.329 e. The fraction of sp³-hybridized carbons (Fsp3) is 0.455. The zero-order valence-electron chi connectivity index (χ0n) is 8.52. The molecule has 0 aromatic heterocycles. The van der Waals surface area contributed by atoms with Crippen LogP contribution in [0, 0.1) is 0 Å². The molecule has 1 aliphatic carbocycles. The summed E-state index contributed by atoms with van der Waals surface area (Å²) < 4.78 is 10.9. The zero-order valence-corrected chi connectivity index (χ0v) is 9.41. The van der Waals surface area contributed by atoms with Gasteiger partial charge in [0.15, 0.2) is 0 Å². The second-order valence-electron chi connectivity index (χ2n) is 4.13. The van der Waals surface area contributed by atoms with Gasteiger partial charge < -0.3 is 9.79 Å². The van der Waals surface area contributed by atoms with E-state index in [0.717, 1.165) is 18.4 Å². The van der Waals surface area contributed by atoms with Crippen LogP contribution < -0.4 is 0 Å². The first-order valence-electron chi connectivity index (χ1n) is 5.20. The van der Waals surface area contributed by atoms with E-state index >= 15 is 0 Å². The van der Waals surface area contributed by atoms with Crippen molar-refractivity contribution in [1.29, 1.82) is 0 Å². The summed E-state index contributed by atoms with van der Waals surface area (Å²) in [5.74, 6) is 0. The summed E-state index contributed by atoms with van der Waals surface area (Å²) in [6, 6.07) is 5.80. The van der Waals surface area contributed by atoms with Gasteiger partial charge in [-0.15, -0.1) is 0 Å². The number of aryl methyl sites for hydroxylation is 2. The molecule has 0 saturated carbocycles. The molecule has 15 heavy (non-hydrogen) atoms. The van der Waals surface area contributed by atoms with Crippen LogP contribution in [0.4, 0.5) is 0 Å². The lowest BCUT2D eigenvalue weighted by Crippen LogP contribution is -2.03. The van der Waals surface area contributed by atoms with Crippen LogP contribution >= 0.6 is 7.60 Å². The predicted octanol–water partition coefficient (Wildman–Crippen LogP) is 2.24. The third kappa shape index (κ3) is 2.91. The van der Waals surface area contributed by atoms with Crippen molar-refractivity contribution in [2.45, 2.75) is 31.8 Å². The molecule has 2 rings (SSSR count). The molecule has 0 amide bonds. The smallest absolute Gasteiger partial charge is 0.324 e. The lowest BCUT2D eigenvalue weighted by Gasteiger charge is -2.16. The summed E-state index contributed by atoms with van der Waals surface area (Å²) in [5, 5.41) is 0. The van der Waals surface area contributed by atoms with Crippen molar-refractivity contribution in [3.05, 3.63) is 34.9 Å². The van der Waals surface area contributed by atoms with Gasteiger partial charge in [-0.25, -0.2) is 0 Å². The first kappa shape index (κ1) is 10.9. The quantitative estimate of drug-likeness (QED) is 0.760. The summed E-state index contributed by atoms with van der Waals surface area (Å²) in [4.78, 5) is 17.8. The van der Waals surface area contributed by atoms with Gasteiger partial charge in [-0.3, -0.25) is 4.57 Å². The van der Waals surface area contributed by atoms with Gasteiger partial charge in [-0.2, -0.15) is 0 Å². The van der Waals surface area contributed by atoms with Crippen LogP contribution in [-0.4, -0.2) is 9.79 Å². The highest BCUT2D eigenvalue weighted by Gasteiger charge is 2.16. The van der Waals surface area contributed by atoms with Gasteiger partial charge in [0.1, 0.15) is 0 Å². The van der Waals surface area contributed by atoms with E-state index in [9.17, 15) is 4.57 Å². The van der Waals surface area contributed by atoms with Crippen molar-refractivity contribution in [1.82, 2.24) is 0 Å². The summed E-state index contributed by atoms with van der Waals surface area (Å²) in [5.41, 5.74) is 3.37.